The molecule has 0 spiro atoms. The van der Waals surface area contributed by atoms with Gasteiger partial charge < -0.3 is 14.6 Å². The molecule has 5 nitrogen and oxygen atoms in total. The summed E-state index contributed by atoms with van der Waals surface area (Å²) < 4.78 is 7.19. The van der Waals surface area contributed by atoms with Crippen LogP contribution in [0.25, 0.3) is 0 Å². The molecule has 1 amide bonds. The zero-order valence-electron chi connectivity index (χ0n) is 12.9. The van der Waals surface area contributed by atoms with Gasteiger partial charge in [0, 0.05) is 24.8 Å². The van der Waals surface area contributed by atoms with Crippen LogP contribution in [0.1, 0.15) is 27.8 Å². The number of amides is 1. The number of hydrogen-bond acceptors (Lipinski definition) is 4. The van der Waals surface area contributed by atoms with E-state index in [4.69, 9.17) is 4.74 Å². The second-order valence-electron chi connectivity index (χ2n) is 5.09. The third-order valence-electron chi connectivity index (χ3n) is 3.60. The van der Waals surface area contributed by atoms with E-state index in [0.29, 0.717) is 5.56 Å². The lowest BCUT2D eigenvalue weighted by atomic mass is 10.1. The molecule has 0 fully saturated rings. The fourth-order valence-electron chi connectivity index (χ4n) is 2.38. The van der Waals surface area contributed by atoms with Crippen molar-refractivity contribution in [3.63, 3.8) is 0 Å². The number of methoxy groups -OCH3 is 1. The van der Waals surface area contributed by atoms with Crippen molar-refractivity contribution >= 4 is 17.2 Å². The van der Waals surface area contributed by atoms with E-state index in [0.717, 1.165) is 17.1 Å². The minimum Gasteiger partial charge on any atom is -0.497 e. The predicted molar refractivity (Wildman–Crippen MR) is 89.8 cm³/mol. The molecule has 118 valence electrons. The van der Waals surface area contributed by atoms with E-state index >= 15 is 0 Å². The molecular weight excluding hydrogens is 310 g/mol. The average molecular weight is 327 g/mol. The van der Waals surface area contributed by atoms with Crippen molar-refractivity contribution in [2.45, 2.75) is 6.04 Å². The van der Waals surface area contributed by atoms with E-state index in [1.165, 1.54) is 11.3 Å². The summed E-state index contributed by atoms with van der Waals surface area (Å²) in [5, 5.41) is 6.77. The fourth-order valence-corrected chi connectivity index (χ4v) is 3.02. The molecule has 1 N–H and O–H groups in total. The van der Waals surface area contributed by atoms with Gasteiger partial charge in [0.15, 0.2) is 0 Å². The molecule has 0 aliphatic rings. The maximum absolute atomic E-state index is 12.5. The van der Waals surface area contributed by atoms with Crippen molar-refractivity contribution in [3.8, 4) is 5.75 Å². The van der Waals surface area contributed by atoms with Crippen molar-refractivity contribution in [1.29, 1.82) is 0 Å². The van der Waals surface area contributed by atoms with Gasteiger partial charge in [0.2, 0.25) is 0 Å². The maximum atomic E-state index is 12.5. The standard InChI is InChI=1S/C17H17N3O2S/c1-20-8-7-18-16(20)15(12-4-3-5-14(10-12)22-2)19-17(21)13-6-9-23-11-13/h3-11,15H,1-2H3,(H,19,21). The van der Waals surface area contributed by atoms with Gasteiger partial charge in [-0.15, -0.1) is 0 Å². The van der Waals surface area contributed by atoms with Crippen LogP contribution in [0.3, 0.4) is 0 Å². The molecule has 2 heterocycles. The molecule has 2 aromatic heterocycles. The zero-order chi connectivity index (χ0) is 16.2. The first-order chi connectivity index (χ1) is 11.2. The van der Waals surface area contributed by atoms with Gasteiger partial charge in [0.25, 0.3) is 5.91 Å². The second-order valence-corrected chi connectivity index (χ2v) is 5.87. The Labute approximate surface area is 138 Å². The summed E-state index contributed by atoms with van der Waals surface area (Å²) in [6.07, 6.45) is 3.58. The monoisotopic (exact) mass is 327 g/mol. The molecule has 0 bridgehead atoms. The van der Waals surface area contributed by atoms with Gasteiger partial charge in [-0.3, -0.25) is 4.79 Å². The highest BCUT2D eigenvalue weighted by molar-refractivity contribution is 7.08. The predicted octanol–water partition coefficient (Wildman–Crippen LogP) is 3.01. The minimum absolute atomic E-state index is 0.123. The zero-order valence-corrected chi connectivity index (χ0v) is 13.7. The Morgan fingerprint density at radius 2 is 2.26 bits per heavy atom. The normalized spacial score (nSPS) is 11.9. The summed E-state index contributed by atoms with van der Waals surface area (Å²) in [5.74, 6) is 1.38. The Bertz CT molecular complexity index is 796. The van der Waals surface area contributed by atoms with E-state index < -0.39 is 0 Å². The number of imidazole rings is 1. The Balaban J connectivity index is 1.97. The highest BCUT2D eigenvalue weighted by Crippen LogP contribution is 2.24. The molecule has 3 aromatic rings. The van der Waals surface area contributed by atoms with Gasteiger partial charge in [-0.1, -0.05) is 12.1 Å². The van der Waals surface area contributed by atoms with E-state index in [2.05, 4.69) is 10.3 Å². The molecule has 0 radical (unpaired) electrons. The van der Waals surface area contributed by atoms with Crippen LogP contribution in [0.2, 0.25) is 0 Å². The summed E-state index contributed by atoms with van der Waals surface area (Å²) in [6, 6.07) is 9.10. The molecular formula is C17H17N3O2S. The van der Waals surface area contributed by atoms with E-state index in [1.54, 1.807) is 19.4 Å². The molecule has 6 heteroatoms. The van der Waals surface area contributed by atoms with E-state index in [-0.39, 0.29) is 11.9 Å². The van der Waals surface area contributed by atoms with Gasteiger partial charge in [0.1, 0.15) is 17.6 Å². The lowest BCUT2D eigenvalue weighted by Crippen LogP contribution is -2.30. The van der Waals surface area contributed by atoms with E-state index in [1.807, 2.05) is 52.8 Å². The SMILES string of the molecule is COc1cccc(C(NC(=O)c2ccsc2)c2nccn2C)c1. The lowest BCUT2D eigenvalue weighted by Gasteiger charge is -2.19. The van der Waals surface area contributed by atoms with Crippen LogP contribution < -0.4 is 10.1 Å². The molecule has 0 saturated heterocycles. The molecule has 1 aromatic carbocycles. The van der Waals surface area contributed by atoms with Gasteiger partial charge in [-0.2, -0.15) is 11.3 Å². The van der Waals surface area contributed by atoms with Crippen molar-refractivity contribution in [3.05, 3.63) is 70.4 Å². The third-order valence-corrected chi connectivity index (χ3v) is 4.29. The van der Waals surface area contributed by atoms with Crippen molar-refractivity contribution in [2.24, 2.45) is 7.05 Å². The van der Waals surface area contributed by atoms with Crippen LogP contribution in [0.15, 0.2) is 53.5 Å². The van der Waals surface area contributed by atoms with Crippen molar-refractivity contribution < 1.29 is 9.53 Å². The number of nitrogens with one attached hydrogen (secondary N) is 1. The molecule has 1 atom stereocenters. The Morgan fingerprint density at radius 1 is 1.39 bits per heavy atom. The number of ether oxygens (including phenoxy) is 1. The highest BCUT2D eigenvalue weighted by atomic mass is 32.1. The third kappa shape index (κ3) is 3.27. The first kappa shape index (κ1) is 15.3. The molecule has 0 aliphatic heterocycles. The largest absolute Gasteiger partial charge is 0.497 e. The van der Waals surface area contributed by atoms with Gasteiger partial charge in [-0.25, -0.2) is 4.98 Å². The Kier molecular flexibility index (Phi) is 4.43. The number of aromatic nitrogens is 2. The number of benzene rings is 1. The number of thiophene rings is 1. The first-order valence-electron chi connectivity index (χ1n) is 7.13. The van der Waals surface area contributed by atoms with Crippen LogP contribution in [-0.2, 0) is 7.05 Å². The number of carbonyl (C=O) groups excluding carboxylic acids is 1. The molecule has 1 unspecified atom stereocenters. The van der Waals surface area contributed by atoms with Crippen LogP contribution in [-0.4, -0.2) is 22.6 Å². The summed E-state index contributed by atoms with van der Waals surface area (Å²) in [6.45, 7) is 0. The summed E-state index contributed by atoms with van der Waals surface area (Å²) in [5.41, 5.74) is 1.57. The van der Waals surface area contributed by atoms with Crippen molar-refractivity contribution in [1.82, 2.24) is 14.9 Å². The lowest BCUT2D eigenvalue weighted by molar-refractivity contribution is 0.0941. The van der Waals surface area contributed by atoms with Gasteiger partial charge >= 0.3 is 0 Å². The summed E-state index contributed by atoms with van der Waals surface area (Å²) >= 11 is 1.50. The first-order valence-corrected chi connectivity index (χ1v) is 8.07. The Morgan fingerprint density at radius 3 is 2.91 bits per heavy atom. The van der Waals surface area contributed by atoms with Crippen LogP contribution in [0, 0.1) is 0 Å². The summed E-state index contributed by atoms with van der Waals surface area (Å²) in [7, 11) is 3.53. The highest BCUT2D eigenvalue weighted by Gasteiger charge is 2.22. The van der Waals surface area contributed by atoms with Gasteiger partial charge in [-0.05, 0) is 29.1 Å². The number of carbonyl (C=O) groups is 1. The minimum atomic E-state index is -0.350. The topological polar surface area (TPSA) is 56.1 Å². The van der Waals surface area contributed by atoms with Crippen LogP contribution in [0.4, 0.5) is 0 Å². The molecule has 0 saturated carbocycles. The quantitative estimate of drug-likeness (QED) is 0.784. The van der Waals surface area contributed by atoms with Crippen molar-refractivity contribution in [2.75, 3.05) is 7.11 Å². The number of nitrogens with zero attached hydrogens (tertiary/aromatic N) is 2. The molecule has 3 rings (SSSR count). The molecule has 0 aliphatic carbocycles. The number of rotatable bonds is 5. The van der Waals surface area contributed by atoms with Gasteiger partial charge in [0.05, 0.1) is 12.7 Å². The average Bonchev–Trinajstić information content (AvgIpc) is 3.24. The number of aryl methyl sites for hydroxylation is 1. The second kappa shape index (κ2) is 6.66. The van der Waals surface area contributed by atoms with Crippen LogP contribution >= 0.6 is 11.3 Å². The van der Waals surface area contributed by atoms with E-state index in [9.17, 15) is 4.79 Å². The van der Waals surface area contributed by atoms with Crippen LogP contribution in [0.5, 0.6) is 5.75 Å². The Hall–Kier alpha value is -2.60. The number of hydrogen-bond donors (Lipinski definition) is 1. The molecule has 23 heavy (non-hydrogen) atoms. The maximum Gasteiger partial charge on any atom is 0.252 e. The fraction of sp³-hybridized carbons (Fsp3) is 0.176. The summed E-state index contributed by atoms with van der Waals surface area (Å²) in [4.78, 5) is 16.9. The smallest absolute Gasteiger partial charge is 0.252 e.